The Kier molecular flexibility index (Phi) is 3.09. The van der Waals surface area contributed by atoms with Gasteiger partial charge in [0.1, 0.15) is 0 Å². The molecule has 92 valence electrons. The van der Waals surface area contributed by atoms with Crippen LogP contribution in [0.4, 0.5) is 11.4 Å². The molecule has 2 rings (SSSR count). The molecule has 0 radical (unpaired) electrons. The highest BCUT2D eigenvalue weighted by atomic mass is 16.2. The number of nitrogens with zero attached hydrogens (tertiary/aromatic N) is 1. The van der Waals surface area contributed by atoms with E-state index >= 15 is 0 Å². The number of para-hydroxylation sites is 1. The summed E-state index contributed by atoms with van der Waals surface area (Å²) in [6.07, 6.45) is 0.914. The van der Waals surface area contributed by atoms with Crippen LogP contribution in [0.1, 0.15) is 26.3 Å². The molecule has 0 saturated carbocycles. The van der Waals surface area contributed by atoms with Crippen LogP contribution in [-0.4, -0.2) is 12.5 Å². The summed E-state index contributed by atoms with van der Waals surface area (Å²) in [5.41, 5.74) is 8.82. The molecule has 1 heterocycles. The number of nitrogens with two attached hydrogens (primary N) is 1. The molecule has 1 atom stereocenters. The van der Waals surface area contributed by atoms with Crippen LogP contribution in [0.3, 0.4) is 0 Å². The lowest BCUT2D eigenvalue weighted by atomic mass is 9.96. The van der Waals surface area contributed by atoms with Crippen molar-refractivity contribution in [3.05, 3.63) is 23.8 Å². The smallest absolute Gasteiger partial charge is 0.230 e. The van der Waals surface area contributed by atoms with Gasteiger partial charge >= 0.3 is 0 Å². The Balaban J connectivity index is 2.31. The van der Waals surface area contributed by atoms with Crippen LogP contribution in [-0.2, 0) is 11.2 Å². The van der Waals surface area contributed by atoms with Gasteiger partial charge in [0.15, 0.2) is 0 Å². The minimum Gasteiger partial charge on any atom is -0.397 e. The second-order valence-corrected chi connectivity index (χ2v) is 5.13. The number of carbonyl (C=O) groups excluding carboxylic acids is 1. The van der Waals surface area contributed by atoms with Crippen LogP contribution in [0, 0.1) is 11.8 Å². The molecule has 0 fully saturated rings. The maximum atomic E-state index is 12.4. The van der Waals surface area contributed by atoms with E-state index in [9.17, 15) is 4.79 Å². The van der Waals surface area contributed by atoms with Gasteiger partial charge in [-0.1, -0.05) is 32.9 Å². The molecule has 17 heavy (non-hydrogen) atoms. The number of hydrogen-bond acceptors (Lipinski definition) is 2. The average molecular weight is 232 g/mol. The van der Waals surface area contributed by atoms with Gasteiger partial charge < -0.3 is 10.6 Å². The lowest BCUT2D eigenvalue weighted by molar-refractivity contribution is -0.122. The molecule has 0 spiro atoms. The van der Waals surface area contributed by atoms with Crippen LogP contribution >= 0.6 is 0 Å². The lowest BCUT2D eigenvalue weighted by Crippen LogP contribution is -2.36. The molecule has 0 saturated heterocycles. The first-order valence-corrected chi connectivity index (χ1v) is 6.21. The van der Waals surface area contributed by atoms with Crippen molar-refractivity contribution in [1.29, 1.82) is 0 Å². The lowest BCUT2D eigenvalue weighted by Gasteiger charge is -2.24. The summed E-state index contributed by atoms with van der Waals surface area (Å²) < 4.78 is 0. The van der Waals surface area contributed by atoms with E-state index in [2.05, 4.69) is 19.9 Å². The van der Waals surface area contributed by atoms with Gasteiger partial charge in [-0.15, -0.1) is 0 Å². The summed E-state index contributed by atoms with van der Waals surface area (Å²) in [7, 11) is 0. The molecule has 1 aliphatic heterocycles. The third-order valence-corrected chi connectivity index (χ3v) is 3.68. The Labute approximate surface area is 103 Å². The number of carbonyl (C=O) groups is 1. The van der Waals surface area contributed by atoms with E-state index in [0.29, 0.717) is 11.6 Å². The van der Waals surface area contributed by atoms with Crippen molar-refractivity contribution in [2.75, 3.05) is 17.2 Å². The van der Waals surface area contributed by atoms with Crippen molar-refractivity contribution >= 4 is 17.3 Å². The van der Waals surface area contributed by atoms with Crippen LogP contribution in [0.2, 0.25) is 0 Å². The van der Waals surface area contributed by atoms with Gasteiger partial charge in [0.05, 0.1) is 11.4 Å². The normalized spacial score (nSPS) is 16.1. The van der Waals surface area contributed by atoms with Crippen LogP contribution in [0.5, 0.6) is 0 Å². The van der Waals surface area contributed by atoms with E-state index in [0.717, 1.165) is 18.7 Å². The average Bonchev–Trinajstić information content (AvgIpc) is 2.72. The minimum atomic E-state index is 0.0422. The van der Waals surface area contributed by atoms with Gasteiger partial charge in [0, 0.05) is 12.5 Å². The molecule has 1 aromatic rings. The van der Waals surface area contributed by atoms with Crippen molar-refractivity contribution in [1.82, 2.24) is 0 Å². The summed E-state index contributed by atoms with van der Waals surface area (Å²) in [5, 5.41) is 0. The zero-order chi connectivity index (χ0) is 12.6. The molecular formula is C14H20N2O. The van der Waals surface area contributed by atoms with Gasteiger partial charge in [0.25, 0.3) is 0 Å². The third kappa shape index (κ3) is 2.02. The molecular weight excluding hydrogens is 212 g/mol. The monoisotopic (exact) mass is 232 g/mol. The fourth-order valence-electron chi connectivity index (χ4n) is 2.24. The molecule has 0 aliphatic carbocycles. The Morgan fingerprint density at radius 3 is 2.71 bits per heavy atom. The number of hydrogen-bond donors (Lipinski definition) is 1. The van der Waals surface area contributed by atoms with Crippen molar-refractivity contribution in [2.24, 2.45) is 11.8 Å². The minimum absolute atomic E-state index is 0.0422. The zero-order valence-electron chi connectivity index (χ0n) is 10.7. The van der Waals surface area contributed by atoms with Gasteiger partial charge in [-0.2, -0.15) is 0 Å². The molecule has 0 aromatic heterocycles. The van der Waals surface area contributed by atoms with Gasteiger partial charge in [-0.25, -0.2) is 0 Å². The largest absolute Gasteiger partial charge is 0.397 e. The summed E-state index contributed by atoms with van der Waals surface area (Å²) in [6.45, 7) is 6.91. The van der Waals surface area contributed by atoms with E-state index < -0.39 is 0 Å². The van der Waals surface area contributed by atoms with Crippen LogP contribution < -0.4 is 10.6 Å². The number of nitrogen functional groups attached to an aromatic ring is 1. The number of amides is 1. The van der Waals surface area contributed by atoms with Crippen molar-refractivity contribution in [3.63, 3.8) is 0 Å². The molecule has 1 aromatic carbocycles. The second-order valence-electron chi connectivity index (χ2n) is 5.13. The number of anilines is 2. The van der Waals surface area contributed by atoms with E-state index in [-0.39, 0.29) is 11.8 Å². The molecule has 3 nitrogen and oxygen atoms in total. The first-order chi connectivity index (χ1) is 8.02. The van der Waals surface area contributed by atoms with E-state index in [1.54, 1.807) is 0 Å². The maximum Gasteiger partial charge on any atom is 0.230 e. The van der Waals surface area contributed by atoms with E-state index in [1.165, 1.54) is 5.56 Å². The van der Waals surface area contributed by atoms with Crippen LogP contribution in [0.25, 0.3) is 0 Å². The molecule has 1 unspecified atom stereocenters. The van der Waals surface area contributed by atoms with Gasteiger partial charge in [0.2, 0.25) is 5.91 Å². The second kappa shape index (κ2) is 4.40. The Bertz CT molecular complexity index is 440. The fourth-order valence-corrected chi connectivity index (χ4v) is 2.24. The van der Waals surface area contributed by atoms with Crippen molar-refractivity contribution in [3.8, 4) is 0 Å². The van der Waals surface area contributed by atoms with E-state index in [1.807, 2.05) is 24.0 Å². The highest BCUT2D eigenvalue weighted by Gasteiger charge is 2.30. The number of rotatable bonds is 2. The molecule has 2 N–H and O–H groups in total. The third-order valence-electron chi connectivity index (χ3n) is 3.68. The molecule has 1 aliphatic rings. The summed E-state index contributed by atoms with van der Waals surface area (Å²) in [4.78, 5) is 14.2. The summed E-state index contributed by atoms with van der Waals surface area (Å²) >= 11 is 0. The predicted octanol–water partition coefficient (Wildman–Crippen LogP) is 2.45. The predicted molar refractivity (Wildman–Crippen MR) is 70.9 cm³/mol. The van der Waals surface area contributed by atoms with Crippen molar-refractivity contribution in [2.45, 2.75) is 27.2 Å². The standard InChI is InChI=1S/C14H20N2O/c1-9(2)10(3)14(17)16-8-7-11-5-4-6-12(15)13(11)16/h4-6,9-10H,7-8,15H2,1-3H3. The summed E-state index contributed by atoms with van der Waals surface area (Å²) in [5.74, 6) is 0.591. The fraction of sp³-hybridized carbons (Fsp3) is 0.500. The van der Waals surface area contributed by atoms with Gasteiger partial charge in [-0.3, -0.25) is 4.79 Å². The highest BCUT2D eigenvalue weighted by molar-refractivity contribution is 6.00. The maximum absolute atomic E-state index is 12.4. The Hall–Kier alpha value is -1.51. The zero-order valence-corrected chi connectivity index (χ0v) is 10.7. The Morgan fingerprint density at radius 1 is 1.35 bits per heavy atom. The topological polar surface area (TPSA) is 46.3 Å². The van der Waals surface area contributed by atoms with E-state index in [4.69, 9.17) is 5.73 Å². The molecule has 0 bridgehead atoms. The Morgan fingerprint density at radius 2 is 2.06 bits per heavy atom. The molecule has 1 amide bonds. The highest BCUT2D eigenvalue weighted by Crippen LogP contribution is 2.35. The quantitative estimate of drug-likeness (QED) is 0.796. The van der Waals surface area contributed by atoms with Crippen LogP contribution in [0.15, 0.2) is 18.2 Å². The molecule has 3 heteroatoms. The summed E-state index contributed by atoms with van der Waals surface area (Å²) in [6, 6.07) is 5.87. The van der Waals surface area contributed by atoms with Crippen molar-refractivity contribution < 1.29 is 4.79 Å². The SMILES string of the molecule is CC(C)C(C)C(=O)N1CCc2cccc(N)c21. The number of fused-ring (bicyclic) bond motifs is 1. The first kappa shape index (κ1) is 12.0. The number of benzene rings is 1. The van der Waals surface area contributed by atoms with Gasteiger partial charge in [-0.05, 0) is 24.0 Å². The first-order valence-electron chi connectivity index (χ1n) is 6.21.